The normalized spacial score (nSPS) is 15.3. The zero-order valence-electron chi connectivity index (χ0n) is 18.7. The van der Waals surface area contributed by atoms with Gasteiger partial charge in [0.2, 0.25) is 5.91 Å². The average molecular weight is 432 g/mol. The molecule has 0 saturated carbocycles. The number of amides is 3. The molecule has 166 valence electrons. The number of aromatic nitrogens is 2. The van der Waals surface area contributed by atoms with Crippen LogP contribution in [-0.2, 0) is 23.1 Å². The molecule has 1 heterocycles. The number of hydrogen-bond acceptors (Lipinski definition) is 3. The molecular weight excluding hydrogens is 402 g/mol. The van der Waals surface area contributed by atoms with Crippen molar-refractivity contribution in [3.05, 3.63) is 77.0 Å². The van der Waals surface area contributed by atoms with E-state index in [4.69, 9.17) is 10.8 Å². The van der Waals surface area contributed by atoms with Gasteiger partial charge in [0.05, 0.1) is 23.8 Å². The van der Waals surface area contributed by atoms with Crippen LogP contribution in [0.3, 0.4) is 0 Å². The second kappa shape index (κ2) is 8.49. The number of urea groups is 1. The molecule has 2 aromatic carbocycles. The quantitative estimate of drug-likeness (QED) is 0.569. The number of anilines is 1. The highest BCUT2D eigenvalue weighted by atomic mass is 16.2. The number of carbonyl (C=O) groups is 2. The largest absolute Gasteiger partial charge is 0.369 e. The number of nitrogens with two attached hydrogens (primary N) is 1. The molecule has 1 unspecified atom stereocenters. The van der Waals surface area contributed by atoms with E-state index in [1.165, 1.54) is 11.1 Å². The molecule has 7 nitrogen and oxygen atoms in total. The number of nitrogens with one attached hydrogen (secondary N) is 2. The predicted octanol–water partition coefficient (Wildman–Crippen LogP) is 4.01. The molecule has 0 fully saturated rings. The zero-order valence-corrected chi connectivity index (χ0v) is 18.7. The Balaban J connectivity index is 1.57. The molecule has 4 N–H and O–H groups in total. The lowest BCUT2D eigenvalue weighted by Gasteiger charge is -2.15. The van der Waals surface area contributed by atoms with E-state index in [2.05, 4.69) is 43.5 Å². The number of benzene rings is 2. The van der Waals surface area contributed by atoms with Crippen molar-refractivity contribution in [2.45, 2.75) is 51.5 Å². The molecule has 1 aliphatic carbocycles. The number of rotatable bonds is 5. The van der Waals surface area contributed by atoms with Crippen LogP contribution in [0.15, 0.2) is 54.6 Å². The van der Waals surface area contributed by atoms with Gasteiger partial charge in [-0.15, -0.1) is 0 Å². The Kier molecular flexibility index (Phi) is 5.74. The Morgan fingerprint density at radius 3 is 2.53 bits per heavy atom. The second-order valence-corrected chi connectivity index (χ2v) is 9.27. The molecule has 0 aliphatic heterocycles. The molecule has 4 rings (SSSR count). The number of aryl methyl sites for hydroxylation is 1. The van der Waals surface area contributed by atoms with Gasteiger partial charge in [-0.25, -0.2) is 9.48 Å². The molecule has 0 spiro atoms. The van der Waals surface area contributed by atoms with Crippen molar-refractivity contribution in [1.29, 1.82) is 0 Å². The molecule has 0 bridgehead atoms. The summed E-state index contributed by atoms with van der Waals surface area (Å²) in [6.07, 6.45) is 2.04. The molecule has 0 saturated heterocycles. The molecule has 1 aromatic heterocycles. The fraction of sp³-hybridized carbons (Fsp3) is 0.320. The van der Waals surface area contributed by atoms with Crippen LogP contribution in [0.1, 0.15) is 55.6 Å². The van der Waals surface area contributed by atoms with Crippen LogP contribution >= 0.6 is 0 Å². The van der Waals surface area contributed by atoms with Crippen molar-refractivity contribution < 1.29 is 9.59 Å². The van der Waals surface area contributed by atoms with E-state index in [9.17, 15) is 9.59 Å². The van der Waals surface area contributed by atoms with Crippen LogP contribution in [0.2, 0.25) is 0 Å². The topological polar surface area (TPSA) is 102 Å². The van der Waals surface area contributed by atoms with Crippen LogP contribution in [0.5, 0.6) is 0 Å². The van der Waals surface area contributed by atoms with Gasteiger partial charge in [-0.1, -0.05) is 57.2 Å². The summed E-state index contributed by atoms with van der Waals surface area (Å²) in [5.41, 5.74) is 10.0. The Hall–Kier alpha value is -3.61. The smallest absolute Gasteiger partial charge is 0.320 e. The second-order valence-electron chi connectivity index (χ2n) is 9.27. The highest BCUT2D eigenvalue weighted by molar-refractivity contribution is 5.89. The fourth-order valence-electron chi connectivity index (χ4n) is 4.01. The van der Waals surface area contributed by atoms with Crippen LogP contribution in [0.25, 0.3) is 5.69 Å². The van der Waals surface area contributed by atoms with Crippen molar-refractivity contribution in [3.8, 4) is 5.69 Å². The van der Waals surface area contributed by atoms with Gasteiger partial charge < -0.3 is 11.1 Å². The molecule has 7 heteroatoms. The van der Waals surface area contributed by atoms with Gasteiger partial charge in [-0.3, -0.25) is 10.1 Å². The van der Waals surface area contributed by atoms with Crippen molar-refractivity contribution >= 4 is 17.8 Å². The lowest BCUT2D eigenvalue weighted by Crippen LogP contribution is -2.32. The number of carbonyl (C=O) groups excluding carboxylic acids is 2. The van der Waals surface area contributed by atoms with E-state index in [0.717, 1.165) is 29.8 Å². The lowest BCUT2D eigenvalue weighted by atomic mass is 9.92. The molecule has 1 aliphatic rings. The standard InChI is InChI=1S/C25H29N5O2/c1-25(2,3)21-15-23(30(29-21)18-11-8-16(9-12-18)14-22(26)31)28-24(32)27-20-13-10-17-6-4-5-7-19(17)20/h4-9,11-12,15,20H,10,13-14H2,1-3H3,(H2,26,31)(H2,27,28,32). The van der Waals surface area contributed by atoms with Crippen molar-refractivity contribution in [1.82, 2.24) is 15.1 Å². The third kappa shape index (κ3) is 4.66. The van der Waals surface area contributed by atoms with Gasteiger partial charge in [0, 0.05) is 11.5 Å². The SMILES string of the molecule is CC(C)(C)c1cc(NC(=O)NC2CCc3ccccc32)n(-c2ccc(CC(N)=O)cc2)n1. The molecule has 32 heavy (non-hydrogen) atoms. The van der Waals surface area contributed by atoms with E-state index in [0.29, 0.717) is 5.82 Å². The minimum absolute atomic E-state index is 0.00209. The number of hydrogen-bond donors (Lipinski definition) is 3. The molecular formula is C25H29N5O2. The van der Waals surface area contributed by atoms with E-state index >= 15 is 0 Å². The number of primary amides is 1. The monoisotopic (exact) mass is 431 g/mol. The third-order valence-electron chi connectivity index (χ3n) is 5.72. The Morgan fingerprint density at radius 2 is 1.84 bits per heavy atom. The highest BCUT2D eigenvalue weighted by Crippen LogP contribution is 2.31. The summed E-state index contributed by atoms with van der Waals surface area (Å²) in [5, 5.41) is 10.8. The van der Waals surface area contributed by atoms with Gasteiger partial charge >= 0.3 is 6.03 Å². The van der Waals surface area contributed by atoms with Crippen molar-refractivity contribution in [2.24, 2.45) is 5.73 Å². The van der Waals surface area contributed by atoms with Crippen LogP contribution in [0, 0.1) is 0 Å². The van der Waals surface area contributed by atoms with E-state index in [-0.39, 0.29) is 29.8 Å². The van der Waals surface area contributed by atoms with E-state index in [1.807, 2.05) is 42.5 Å². The highest BCUT2D eigenvalue weighted by Gasteiger charge is 2.25. The summed E-state index contributed by atoms with van der Waals surface area (Å²) in [7, 11) is 0. The zero-order chi connectivity index (χ0) is 22.9. The average Bonchev–Trinajstić information content (AvgIpc) is 3.33. The maximum absolute atomic E-state index is 12.9. The Morgan fingerprint density at radius 1 is 1.12 bits per heavy atom. The van der Waals surface area contributed by atoms with Gasteiger partial charge in [0.25, 0.3) is 0 Å². The van der Waals surface area contributed by atoms with Crippen molar-refractivity contribution in [2.75, 3.05) is 5.32 Å². The van der Waals surface area contributed by atoms with E-state index < -0.39 is 0 Å². The molecule has 1 atom stereocenters. The van der Waals surface area contributed by atoms with Gasteiger partial charge in [-0.05, 0) is 41.7 Å². The number of fused-ring (bicyclic) bond motifs is 1. The van der Waals surface area contributed by atoms with Crippen LogP contribution in [0.4, 0.5) is 10.6 Å². The predicted molar refractivity (Wildman–Crippen MR) is 125 cm³/mol. The first kappa shape index (κ1) is 21.6. The van der Waals surface area contributed by atoms with E-state index in [1.54, 1.807) is 4.68 Å². The Bertz CT molecular complexity index is 1140. The lowest BCUT2D eigenvalue weighted by molar-refractivity contribution is -0.117. The van der Waals surface area contributed by atoms with Gasteiger partial charge in [-0.2, -0.15) is 5.10 Å². The van der Waals surface area contributed by atoms with Crippen LogP contribution < -0.4 is 16.4 Å². The molecule has 3 amide bonds. The maximum Gasteiger partial charge on any atom is 0.320 e. The molecule has 0 radical (unpaired) electrons. The first-order valence-electron chi connectivity index (χ1n) is 10.8. The third-order valence-corrected chi connectivity index (χ3v) is 5.72. The first-order chi connectivity index (χ1) is 15.2. The summed E-state index contributed by atoms with van der Waals surface area (Å²) in [4.78, 5) is 24.1. The Labute approximate surface area is 188 Å². The van der Waals surface area contributed by atoms with Crippen molar-refractivity contribution in [3.63, 3.8) is 0 Å². The number of nitrogens with zero attached hydrogens (tertiary/aromatic N) is 2. The summed E-state index contributed by atoms with van der Waals surface area (Å²) >= 11 is 0. The minimum atomic E-state index is -0.376. The summed E-state index contributed by atoms with van der Waals surface area (Å²) in [6, 6.07) is 17.3. The maximum atomic E-state index is 12.9. The fourth-order valence-corrected chi connectivity index (χ4v) is 4.01. The minimum Gasteiger partial charge on any atom is -0.369 e. The first-order valence-corrected chi connectivity index (χ1v) is 10.8. The molecule has 3 aromatic rings. The van der Waals surface area contributed by atoms with Gasteiger partial charge in [0.1, 0.15) is 5.82 Å². The summed E-state index contributed by atoms with van der Waals surface area (Å²) in [5.74, 6) is 0.209. The van der Waals surface area contributed by atoms with Gasteiger partial charge in [0.15, 0.2) is 0 Å². The summed E-state index contributed by atoms with van der Waals surface area (Å²) < 4.78 is 1.72. The summed E-state index contributed by atoms with van der Waals surface area (Å²) in [6.45, 7) is 6.23. The van der Waals surface area contributed by atoms with Crippen LogP contribution in [-0.4, -0.2) is 21.7 Å².